The number of hydrogen-bond acceptors (Lipinski definition) is 5. The van der Waals surface area contributed by atoms with Crippen molar-refractivity contribution in [2.75, 3.05) is 13.7 Å². The van der Waals surface area contributed by atoms with E-state index in [2.05, 4.69) is 33.8 Å². The smallest absolute Gasteiger partial charge is 0.398 e. The van der Waals surface area contributed by atoms with Crippen LogP contribution in [0.2, 0.25) is 0 Å². The minimum atomic E-state index is -4.73. The van der Waals surface area contributed by atoms with Gasteiger partial charge in [-0.2, -0.15) is 13.2 Å². The average molecular weight is 713 g/mol. The number of pyridine rings is 2. The van der Waals surface area contributed by atoms with Crippen molar-refractivity contribution in [3.8, 4) is 17.0 Å². The number of nitrogens with one attached hydrogen (secondary N) is 1. The summed E-state index contributed by atoms with van der Waals surface area (Å²) in [4.78, 5) is 22.1. The van der Waals surface area contributed by atoms with Crippen LogP contribution in [0.3, 0.4) is 0 Å². The summed E-state index contributed by atoms with van der Waals surface area (Å²) in [6, 6.07) is 13.3. The van der Waals surface area contributed by atoms with Crippen LogP contribution >= 0.6 is 41.1 Å². The van der Waals surface area contributed by atoms with Gasteiger partial charge in [0.05, 0.1) is 29.5 Å². The fourth-order valence-corrected chi connectivity index (χ4v) is 6.00. The molecule has 4 rings (SSSR count). The molecule has 1 amide bonds. The van der Waals surface area contributed by atoms with E-state index in [9.17, 15) is 23.1 Å². The molecular weight excluding hydrogens is 684 g/mol. The monoisotopic (exact) mass is 713 g/mol. The van der Waals surface area contributed by atoms with Crippen molar-refractivity contribution in [1.29, 1.82) is 0 Å². The van der Waals surface area contributed by atoms with Gasteiger partial charge in [0.2, 0.25) is 0 Å². The van der Waals surface area contributed by atoms with Crippen LogP contribution in [0, 0.1) is 10.5 Å². The number of hydrogen-bond donors (Lipinski definition) is 2. The molecule has 6 nitrogen and oxygen atoms in total. The van der Waals surface area contributed by atoms with Gasteiger partial charge < -0.3 is 15.2 Å². The molecule has 0 aliphatic carbocycles. The van der Waals surface area contributed by atoms with Crippen LogP contribution in [0.5, 0.6) is 5.75 Å². The number of nitrogens with zero attached hydrogens (tertiary/aromatic N) is 2. The topological polar surface area (TPSA) is 84.3 Å². The molecule has 2 heterocycles. The highest BCUT2D eigenvalue weighted by molar-refractivity contribution is 14.1. The first-order valence-electron chi connectivity index (χ1n) is 12.5. The summed E-state index contributed by atoms with van der Waals surface area (Å²) in [7, 11) is 6.53. The zero-order chi connectivity index (χ0) is 30.3. The Morgan fingerprint density at radius 1 is 1.10 bits per heavy atom. The van der Waals surface area contributed by atoms with E-state index in [4.69, 9.17) is 4.74 Å². The van der Waals surface area contributed by atoms with E-state index in [1.807, 2.05) is 47.7 Å². The second-order valence-corrected chi connectivity index (χ2v) is 12.5. The van der Waals surface area contributed by atoms with Crippen LogP contribution in [0.4, 0.5) is 13.2 Å². The molecule has 3 atom stereocenters. The average Bonchev–Trinajstić information content (AvgIpc) is 2.88. The van der Waals surface area contributed by atoms with Gasteiger partial charge in [-0.15, -0.1) is 9.24 Å². The van der Waals surface area contributed by atoms with Gasteiger partial charge in [0.25, 0.3) is 5.91 Å². The molecule has 0 saturated heterocycles. The minimum Gasteiger partial charge on any atom is -0.494 e. The first-order valence-corrected chi connectivity index (χ1v) is 14.7. The lowest BCUT2D eigenvalue weighted by molar-refractivity contribution is -0.149. The fraction of sp³-hybridized carbons (Fsp3) is 0.276. The van der Waals surface area contributed by atoms with E-state index in [0.29, 0.717) is 37.0 Å². The maximum atomic E-state index is 14.5. The molecular formula is C29H29F3IN3O3P2. The summed E-state index contributed by atoms with van der Waals surface area (Å²) in [5, 5.41) is 14.8. The van der Waals surface area contributed by atoms with Crippen molar-refractivity contribution in [1.82, 2.24) is 15.3 Å². The number of alkyl halides is 3. The van der Waals surface area contributed by atoms with Crippen LogP contribution in [0.1, 0.15) is 46.9 Å². The molecule has 2 aromatic carbocycles. The number of halogens is 4. The van der Waals surface area contributed by atoms with Crippen LogP contribution in [-0.2, 0) is 5.60 Å². The molecule has 12 heteroatoms. The molecule has 2 unspecified atom stereocenters. The van der Waals surface area contributed by atoms with E-state index in [1.54, 1.807) is 18.2 Å². The summed E-state index contributed by atoms with van der Waals surface area (Å²) < 4.78 is 49.4. The number of aromatic nitrogens is 2. The van der Waals surface area contributed by atoms with Gasteiger partial charge in [-0.25, -0.2) is 4.98 Å². The fourth-order valence-electron chi connectivity index (χ4n) is 4.35. The van der Waals surface area contributed by atoms with Gasteiger partial charge in [-0.05, 0) is 78.5 Å². The quantitative estimate of drug-likeness (QED) is 0.195. The largest absolute Gasteiger partial charge is 0.494 e. The number of carbonyl (C=O) groups is 1. The third-order valence-electron chi connectivity index (χ3n) is 6.63. The van der Waals surface area contributed by atoms with E-state index < -0.39 is 30.1 Å². The maximum absolute atomic E-state index is 14.5. The van der Waals surface area contributed by atoms with Crippen molar-refractivity contribution >= 4 is 68.6 Å². The highest BCUT2D eigenvalue weighted by Gasteiger charge is 2.43. The number of carbonyl (C=O) groups excluding carboxylic acids is 1. The first-order chi connectivity index (χ1) is 19.1. The third-order valence-corrected chi connectivity index (χ3v) is 8.70. The second kappa shape index (κ2) is 12.1. The SMILES string of the molecule is COc1cc(C(=O)NC[C@H](c2cc(C(C)(C)O)c(I)c(-c3ccc(P)cc3)n2)C(F)(F)F)cc2cc(C)c(P)nc12. The molecule has 0 radical (unpaired) electrons. The molecule has 41 heavy (non-hydrogen) atoms. The predicted molar refractivity (Wildman–Crippen MR) is 170 cm³/mol. The lowest BCUT2D eigenvalue weighted by atomic mass is 9.93. The molecule has 2 N–H and O–H groups in total. The Balaban J connectivity index is 1.74. The van der Waals surface area contributed by atoms with Crippen molar-refractivity contribution in [2.45, 2.75) is 38.5 Å². The minimum absolute atomic E-state index is 0.138. The number of amides is 1. The summed E-state index contributed by atoms with van der Waals surface area (Å²) in [5.74, 6) is -2.49. The van der Waals surface area contributed by atoms with Gasteiger partial charge in [0, 0.05) is 32.2 Å². The summed E-state index contributed by atoms with van der Waals surface area (Å²) >= 11 is 2.00. The van der Waals surface area contributed by atoms with E-state index in [0.717, 1.165) is 16.3 Å². The Labute approximate surface area is 254 Å². The van der Waals surface area contributed by atoms with Crippen molar-refractivity contribution in [2.24, 2.45) is 0 Å². The molecule has 0 bridgehead atoms. The third kappa shape index (κ3) is 6.99. The Morgan fingerprint density at radius 3 is 2.34 bits per heavy atom. The van der Waals surface area contributed by atoms with Crippen molar-refractivity contribution in [3.63, 3.8) is 0 Å². The van der Waals surface area contributed by atoms with Gasteiger partial charge in [-0.1, -0.05) is 33.5 Å². The lowest BCUT2D eigenvalue weighted by Crippen LogP contribution is -2.36. The Hall–Kier alpha value is -2.39. The summed E-state index contributed by atoms with van der Waals surface area (Å²) in [6.45, 7) is 4.13. The summed E-state index contributed by atoms with van der Waals surface area (Å²) in [5.41, 5.74) is 1.77. The molecule has 0 saturated carbocycles. The molecule has 0 spiro atoms. The number of benzene rings is 2. The zero-order valence-corrected chi connectivity index (χ0v) is 27.2. The van der Waals surface area contributed by atoms with Crippen molar-refractivity contribution < 1.29 is 27.8 Å². The van der Waals surface area contributed by atoms with Gasteiger partial charge in [0.1, 0.15) is 17.2 Å². The second-order valence-electron chi connectivity index (χ2n) is 10.2. The number of methoxy groups -OCH3 is 1. The first kappa shape index (κ1) is 31.5. The molecule has 0 aliphatic heterocycles. The number of rotatable bonds is 7. The van der Waals surface area contributed by atoms with Crippen LogP contribution in [0.25, 0.3) is 22.2 Å². The highest BCUT2D eigenvalue weighted by atomic mass is 127. The van der Waals surface area contributed by atoms with Crippen LogP contribution < -0.4 is 20.8 Å². The molecule has 216 valence electrons. The molecule has 0 aliphatic rings. The Morgan fingerprint density at radius 2 is 1.76 bits per heavy atom. The van der Waals surface area contributed by atoms with E-state index >= 15 is 0 Å². The van der Waals surface area contributed by atoms with E-state index in [1.165, 1.54) is 33.1 Å². The number of ether oxygens (including phenoxy) is 1. The summed E-state index contributed by atoms with van der Waals surface area (Å²) in [6.07, 6.45) is -4.73. The van der Waals surface area contributed by atoms with Gasteiger partial charge in [0.15, 0.2) is 0 Å². The van der Waals surface area contributed by atoms with Crippen LogP contribution in [0.15, 0.2) is 48.5 Å². The molecule has 4 aromatic rings. The lowest BCUT2D eigenvalue weighted by Gasteiger charge is -2.26. The number of aliphatic hydroxyl groups is 1. The number of aryl methyl sites for hydroxylation is 1. The normalized spacial score (nSPS) is 12.9. The highest BCUT2D eigenvalue weighted by Crippen LogP contribution is 2.39. The van der Waals surface area contributed by atoms with Crippen LogP contribution in [-0.4, -0.2) is 40.8 Å². The Bertz CT molecular complexity index is 1620. The Kier molecular flexibility index (Phi) is 9.29. The number of fused-ring (bicyclic) bond motifs is 1. The van der Waals surface area contributed by atoms with E-state index in [-0.39, 0.29) is 11.3 Å². The molecule has 2 aromatic heterocycles. The molecule has 0 fully saturated rings. The van der Waals surface area contributed by atoms with Gasteiger partial charge >= 0.3 is 6.18 Å². The van der Waals surface area contributed by atoms with Crippen molar-refractivity contribution in [3.05, 3.63) is 74.5 Å². The standard InChI is InChI=1S/C29H29F3IN3O3P2/c1-14-9-16-10-17(11-22(39-4)24(16)36-27(14)41)26(37)34-13-20(29(30,31)32)21-12-19(28(2,3)38)23(33)25(35-21)15-5-7-18(40)8-6-15/h5-12,20,38H,13,40-41H2,1-4H3,(H,34,37)/t20-/m1/s1. The van der Waals surface area contributed by atoms with Gasteiger partial charge in [-0.3, -0.25) is 9.78 Å². The maximum Gasteiger partial charge on any atom is 0.398 e. The predicted octanol–water partition coefficient (Wildman–Crippen LogP) is 5.52. The zero-order valence-electron chi connectivity index (χ0n) is 22.7.